The Bertz CT molecular complexity index is 922. The van der Waals surface area contributed by atoms with Crippen LogP contribution in [0.3, 0.4) is 0 Å². The molecule has 1 aliphatic heterocycles. The summed E-state index contributed by atoms with van der Waals surface area (Å²) in [6.45, 7) is 1.40. The topological polar surface area (TPSA) is 89.0 Å². The molecule has 1 saturated heterocycles. The number of rotatable bonds is 11. The minimum atomic E-state index is -1.19. The Labute approximate surface area is 188 Å². The molecule has 2 aromatic rings. The van der Waals surface area contributed by atoms with Crippen LogP contribution in [-0.4, -0.2) is 73.0 Å². The molecule has 1 aromatic heterocycles. The molecule has 0 saturated carbocycles. The lowest BCUT2D eigenvalue weighted by Gasteiger charge is -2.29. The van der Waals surface area contributed by atoms with Crippen LogP contribution in [0.15, 0.2) is 54.9 Å². The third-order valence-corrected chi connectivity index (χ3v) is 5.67. The van der Waals surface area contributed by atoms with Gasteiger partial charge in [-0.05, 0) is 24.1 Å². The van der Waals surface area contributed by atoms with Crippen LogP contribution in [-0.2, 0) is 24.5 Å². The predicted molar refractivity (Wildman–Crippen MR) is 118 cm³/mol. The maximum atomic E-state index is 13.5. The van der Waals surface area contributed by atoms with E-state index in [-0.39, 0.29) is 37.1 Å². The summed E-state index contributed by atoms with van der Waals surface area (Å²) in [4.78, 5) is 46.1. The molecule has 1 fully saturated rings. The highest BCUT2D eigenvalue weighted by atomic mass is 16.5. The summed E-state index contributed by atoms with van der Waals surface area (Å²) < 4.78 is 10.7. The molecule has 170 valence electrons. The van der Waals surface area contributed by atoms with Crippen LogP contribution < -0.4 is 4.74 Å². The van der Waals surface area contributed by atoms with E-state index in [1.165, 1.54) is 9.80 Å². The quantitative estimate of drug-likeness (QED) is 0.393. The molecular weight excluding hydrogens is 410 g/mol. The molecule has 1 aromatic carbocycles. The van der Waals surface area contributed by atoms with Crippen molar-refractivity contribution in [2.24, 2.45) is 0 Å². The lowest BCUT2D eigenvalue weighted by atomic mass is 9.75. The van der Waals surface area contributed by atoms with Gasteiger partial charge in [-0.25, -0.2) is 0 Å². The minimum Gasteiger partial charge on any atom is -0.492 e. The van der Waals surface area contributed by atoms with Gasteiger partial charge in [0, 0.05) is 46.3 Å². The van der Waals surface area contributed by atoms with Crippen LogP contribution in [0.4, 0.5) is 0 Å². The Kier molecular flexibility index (Phi) is 7.94. The molecule has 3 rings (SSSR count). The maximum Gasteiger partial charge on any atom is 0.240 e. The molecule has 0 N–H and O–H groups in total. The largest absolute Gasteiger partial charge is 0.492 e. The first-order chi connectivity index (χ1) is 15.5. The van der Waals surface area contributed by atoms with E-state index in [2.05, 4.69) is 4.98 Å². The van der Waals surface area contributed by atoms with E-state index in [1.807, 2.05) is 30.3 Å². The molecule has 0 spiro atoms. The third kappa shape index (κ3) is 5.31. The molecule has 32 heavy (non-hydrogen) atoms. The number of ether oxygens (including phenoxy) is 2. The molecule has 0 unspecified atom stereocenters. The van der Waals surface area contributed by atoms with E-state index < -0.39 is 5.41 Å². The molecule has 1 atom stereocenters. The fourth-order valence-corrected chi connectivity index (χ4v) is 3.84. The van der Waals surface area contributed by atoms with Crippen LogP contribution in [0.5, 0.6) is 5.75 Å². The zero-order chi connectivity index (χ0) is 23.0. The number of imide groups is 1. The Hall–Kier alpha value is -3.26. The van der Waals surface area contributed by atoms with Gasteiger partial charge >= 0.3 is 0 Å². The molecule has 0 aliphatic carbocycles. The van der Waals surface area contributed by atoms with Gasteiger partial charge in [0.2, 0.25) is 17.7 Å². The second-order valence-corrected chi connectivity index (χ2v) is 7.85. The van der Waals surface area contributed by atoms with E-state index in [1.54, 1.807) is 38.7 Å². The second kappa shape index (κ2) is 10.9. The summed E-state index contributed by atoms with van der Waals surface area (Å²) in [6, 6.07) is 12.7. The zero-order valence-corrected chi connectivity index (χ0v) is 18.5. The average Bonchev–Trinajstić information content (AvgIpc) is 3.06. The number of methoxy groups -OCH3 is 1. The van der Waals surface area contributed by atoms with Crippen molar-refractivity contribution in [3.63, 3.8) is 0 Å². The third-order valence-electron chi connectivity index (χ3n) is 5.67. The molecule has 0 radical (unpaired) electrons. The standard InChI is InChI=1S/C24H29N3O5/c1-26(13-15-31-2)21(28)16-24(19-8-4-3-5-9-19)17-22(29)27(23(24)30)12-7-14-32-20-10-6-11-25-18-20/h3-6,8-11,18H,7,12-17H2,1-2H3/t24-/m0/s1. The van der Waals surface area contributed by atoms with Crippen molar-refractivity contribution in [2.75, 3.05) is 40.5 Å². The number of nitrogens with zero attached hydrogens (tertiary/aromatic N) is 3. The van der Waals surface area contributed by atoms with E-state index in [0.717, 1.165) is 0 Å². The summed E-state index contributed by atoms with van der Waals surface area (Å²) >= 11 is 0. The Morgan fingerprint density at radius 1 is 1.16 bits per heavy atom. The number of hydrogen-bond acceptors (Lipinski definition) is 6. The van der Waals surface area contributed by atoms with E-state index >= 15 is 0 Å². The van der Waals surface area contributed by atoms with Gasteiger partial charge < -0.3 is 14.4 Å². The fraction of sp³-hybridized carbons (Fsp3) is 0.417. The zero-order valence-electron chi connectivity index (χ0n) is 18.5. The van der Waals surface area contributed by atoms with Gasteiger partial charge in [-0.15, -0.1) is 0 Å². The molecule has 1 aliphatic rings. The van der Waals surface area contributed by atoms with Gasteiger partial charge in [-0.3, -0.25) is 24.3 Å². The van der Waals surface area contributed by atoms with E-state index in [9.17, 15) is 14.4 Å². The summed E-state index contributed by atoms with van der Waals surface area (Å²) in [5.74, 6) is -0.167. The van der Waals surface area contributed by atoms with Crippen molar-refractivity contribution in [2.45, 2.75) is 24.7 Å². The number of carbonyl (C=O) groups excluding carboxylic acids is 3. The number of amides is 3. The molecule has 2 heterocycles. The normalized spacial score (nSPS) is 18.1. The number of benzene rings is 1. The summed E-state index contributed by atoms with van der Waals surface area (Å²) in [5.41, 5.74) is -0.512. The summed E-state index contributed by atoms with van der Waals surface area (Å²) in [5, 5.41) is 0. The number of likely N-dealkylation sites (N-methyl/N-ethyl adjacent to an activating group) is 1. The van der Waals surface area contributed by atoms with E-state index in [4.69, 9.17) is 9.47 Å². The number of aromatic nitrogens is 1. The monoisotopic (exact) mass is 439 g/mol. The molecule has 8 nitrogen and oxygen atoms in total. The predicted octanol–water partition coefficient (Wildman–Crippen LogP) is 2.04. The number of pyridine rings is 1. The fourth-order valence-electron chi connectivity index (χ4n) is 3.84. The van der Waals surface area contributed by atoms with Crippen molar-refractivity contribution >= 4 is 17.7 Å². The minimum absolute atomic E-state index is 0.0246. The van der Waals surface area contributed by atoms with Crippen molar-refractivity contribution < 1.29 is 23.9 Å². The number of hydrogen-bond donors (Lipinski definition) is 0. The highest BCUT2D eigenvalue weighted by Gasteiger charge is 2.53. The summed E-state index contributed by atoms with van der Waals surface area (Å²) in [7, 11) is 3.24. The van der Waals surface area contributed by atoms with Gasteiger partial charge in [0.1, 0.15) is 5.75 Å². The van der Waals surface area contributed by atoms with Crippen LogP contribution in [0.25, 0.3) is 0 Å². The highest BCUT2D eigenvalue weighted by molar-refractivity contribution is 6.10. The van der Waals surface area contributed by atoms with Crippen molar-refractivity contribution in [1.82, 2.24) is 14.8 Å². The van der Waals surface area contributed by atoms with Gasteiger partial charge in [0.15, 0.2) is 0 Å². The first-order valence-electron chi connectivity index (χ1n) is 10.6. The second-order valence-electron chi connectivity index (χ2n) is 7.85. The molecule has 3 amide bonds. The van der Waals surface area contributed by atoms with Crippen molar-refractivity contribution in [3.05, 3.63) is 60.4 Å². The van der Waals surface area contributed by atoms with Crippen molar-refractivity contribution in [1.29, 1.82) is 0 Å². The van der Waals surface area contributed by atoms with Gasteiger partial charge in [0.05, 0.1) is 24.8 Å². The Morgan fingerprint density at radius 3 is 2.62 bits per heavy atom. The lowest BCUT2D eigenvalue weighted by Crippen LogP contribution is -2.43. The first-order valence-corrected chi connectivity index (χ1v) is 10.6. The Balaban J connectivity index is 1.72. The van der Waals surface area contributed by atoms with Gasteiger partial charge in [-0.2, -0.15) is 0 Å². The van der Waals surface area contributed by atoms with Crippen LogP contribution in [0, 0.1) is 0 Å². The number of carbonyl (C=O) groups is 3. The van der Waals surface area contributed by atoms with Gasteiger partial charge in [-0.1, -0.05) is 30.3 Å². The lowest BCUT2D eigenvalue weighted by molar-refractivity contribution is -0.142. The van der Waals surface area contributed by atoms with Gasteiger partial charge in [0.25, 0.3) is 0 Å². The van der Waals surface area contributed by atoms with Crippen LogP contribution in [0.1, 0.15) is 24.8 Å². The van der Waals surface area contributed by atoms with Crippen LogP contribution in [0.2, 0.25) is 0 Å². The first kappa shape index (κ1) is 23.4. The van der Waals surface area contributed by atoms with Crippen LogP contribution >= 0.6 is 0 Å². The Morgan fingerprint density at radius 2 is 1.94 bits per heavy atom. The maximum absolute atomic E-state index is 13.5. The molecule has 0 bridgehead atoms. The average molecular weight is 440 g/mol. The SMILES string of the molecule is COCCN(C)C(=O)C[C@@]1(c2ccccc2)CC(=O)N(CCCOc2cccnc2)C1=O. The molecular formula is C24H29N3O5. The number of likely N-dealkylation sites (tertiary alicyclic amines) is 1. The summed E-state index contributed by atoms with van der Waals surface area (Å²) in [6.07, 6.45) is 3.66. The smallest absolute Gasteiger partial charge is 0.240 e. The van der Waals surface area contributed by atoms with Crippen molar-refractivity contribution in [3.8, 4) is 5.75 Å². The van der Waals surface area contributed by atoms with E-state index in [0.29, 0.717) is 37.5 Å². The highest BCUT2D eigenvalue weighted by Crippen LogP contribution is 2.40. The molecule has 8 heteroatoms.